The van der Waals surface area contributed by atoms with Gasteiger partial charge in [0.15, 0.2) is 11.6 Å². The van der Waals surface area contributed by atoms with Gasteiger partial charge in [0, 0.05) is 19.0 Å². The van der Waals surface area contributed by atoms with Crippen molar-refractivity contribution in [3.05, 3.63) is 46.6 Å². The third-order valence-corrected chi connectivity index (χ3v) is 5.47. The maximum Gasteiger partial charge on any atom is 0.254 e. The van der Waals surface area contributed by atoms with E-state index in [4.69, 9.17) is 9.88 Å². The Kier molecular flexibility index (Phi) is 5.03. The molecule has 0 saturated heterocycles. The molecule has 0 radical (unpaired) electrons. The molecule has 0 spiro atoms. The SMILES string of the molecule is COc1ccc(CN(C)C(=O)c2csc(S(N)(=O)=O)c2)cc1F. The van der Waals surface area contributed by atoms with Gasteiger partial charge in [0.25, 0.3) is 5.91 Å². The van der Waals surface area contributed by atoms with Crippen molar-refractivity contribution in [1.82, 2.24) is 4.90 Å². The molecule has 1 amide bonds. The van der Waals surface area contributed by atoms with E-state index in [1.165, 1.54) is 35.6 Å². The number of carbonyl (C=O) groups is 1. The minimum absolute atomic E-state index is 0.0789. The lowest BCUT2D eigenvalue weighted by Gasteiger charge is -2.17. The van der Waals surface area contributed by atoms with Crippen LogP contribution in [0.5, 0.6) is 5.75 Å². The fourth-order valence-corrected chi connectivity index (χ4v) is 3.53. The maximum absolute atomic E-state index is 13.7. The molecule has 1 aromatic carbocycles. The zero-order valence-corrected chi connectivity index (χ0v) is 14.1. The van der Waals surface area contributed by atoms with Gasteiger partial charge in [0.1, 0.15) is 4.21 Å². The lowest BCUT2D eigenvalue weighted by Crippen LogP contribution is -2.25. The van der Waals surface area contributed by atoms with E-state index in [9.17, 15) is 17.6 Å². The first kappa shape index (κ1) is 17.4. The molecule has 0 bridgehead atoms. The second-order valence-electron chi connectivity index (χ2n) is 4.83. The van der Waals surface area contributed by atoms with Crippen molar-refractivity contribution in [3.63, 3.8) is 0 Å². The second-order valence-corrected chi connectivity index (χ2v) is 7.53. The van der Waals surface area contributed by atoms with E-state index >= 15 is 0 Å². The third kappa shape index (κ3) is 4.06. The highest BCUT2D eigenvalue weighted by Crippen LogP contribution is 2.22. The molecule has 2 rings (SSSR count). The van der Waals surface area contributed by atoms with Crippen molar-refractivity contribution in [2.45, 2.75) is 10.8 Å². The lowest BCUT2D eigenvalue weighted by atomic mass is 10.2. The monoisotopic (exact) mass is 358 g/mol. The Labute approximate surface area is 137 Å². The van der Waals surface area contributed by atoms with Crippen LogP contribution in [0.2, 0.25) is 0 Å². The number of benzene rings is 1. The fraction of sp³-hybridized carbons (Fsp3) is 0.214. The number of hydrogen-bond acceptors (Lipinski definition) is 5. The molecule has 1 heterocycles. The Morgan fingerprint density at radius 3 is 2.61 bits per heavy atom. The van der Waals surface area contributed by atoms with Gasteiger partial charge in [0.2, 0.25) is 10.0 Å². The summed E-state index contributed by atoms with van der Waals surface area (Å²) in [6.07, 6.45) is 0. The van der Waals surface area contributed by atoms with Crippen LogP contribution in [0.25, 0.3) is 0 Å². The van der Waals surface area contributed by atoms with E-state index < -0.39 is 15.8 Å². The number of ether oxygens (including phenoxy) is 1. The van der Waals surface area contributed by atoms with Crippen LogP contribution in [0.1, 0.15) is 15.9 Å². The third-order valence-electron chi connectivity index (χ3n) is 3.09. The topological polar surface area (TPSA) is 89.7 Å². The molecule has 0 atom stereocenters. The van der Waals surface area contributed by atoms with Gasteiger partial charge >= 0.3 is 0 Å². The highest BCUT2D eigenvalue weighted by atomic mass is 32.2. The molecule has 0 unspecified atom stereocenters. The van der Waals surface area contributed by atoms with Gasteiger partial charge in [-0.2, -0.15) is 0 Å². The van der Waals surface area contributed by atoms with Crippen molar-refractivity contribution in [1.29, 1.82) is 0 Å². The van der Waals surface area contributed by atoms with Gasteiger partial charge < -0.3 is 9.64 Å². The molecule has 0 aliphatic rings. The van der Waals surface area contributed by atoms with E-state index in [1.807, 2.05) is 0 Å². The largest absolute Gasteiger partial charge is 0.494 e. The number of hydrogen-bond donors (Lipinski definition) is 1. The van der Waals surface area contributed by atoms with E-state index in [2.05, 4.69) is 0 Å². The number of nitrogens with zero attached hydrogens (tertiary/aromatic N) is 1. The summed E-state index contributed by atoms with van der Waals surface area (Å²) in [4.78, 5) is 13.6. The molecule has 6 nitrogen and oxygen atoms in total. The first-order chi connectivity index (χ1) is 10.7. The lowest BCUT2D eigenvalue weighted by molar-refractivity contribution is 0.0785. The molecule has 2 N–H and O–H groups in total. The number of nitrogens with two attached hydrogens (primary N) is 1. The number of methoxy groups -OCH3 is 1. The van der Waals surface area contributed by atoms with E-state index in [1.54, 1.807) is 13.1 Å². The van der Waals surface area contributed by atoms with Crippen molar-refractivity contribution in [2.75, 3.05) is 14.2 Å². The molecule has 23 heavy (non-hydrogen) atoms. The molecular formula is C14H15FN2O4S2. The Morgan fingerprint density at radius 1 is 1.39 bits per heavy atom. The Balaban J connectivity index is 2.14. The zero-order chi connectivity index (χ0) is 17.2. The van der Waals surface area contributed by atoms with Crippen molar-refractivity contribution in [3.8, 4) is 5.75 Å². The second kappa shape index (κ2) is 6.65. The van der Waals surface area contributed by atoms with Gasteiger partial charge in [-0.3, -0.25) is 4.79 Å². The van der Waals surface area contributed by atoms with E-state index in [0.717, 1.165) is 11.3 Å². The number of carbonyl (C=O) groups excluding carboxylic acids is 1. The zero-order valence-electron chi connectivity index (χ0n) is 12.4. The average Bonchev–Trinajstić information content (AvgIpc) is 2.96. The first-order valence-corrected chi connectivity index (χ1v) is 8.84. The Morgan fingerprint density at radius 2 is 2.09 bits per heavy atom. The van der Waals surface area contributed by atoms with Gasteiger partial charge in [0.05, 0.1) is 12.7 Å². The van der Waals surface area contributed by atoms with Crippen molar-refractivity contribution in [2.24, 2.45) is 5.14 Å². The average molecular weight is 358 g/mol. The molecule has 124 valence electrons. The Bertz CT molecular complexity index is 833. The van der Waals surface area contributed by atoms with Gasteiger partial charge in [-0.15, -0.1) is 11.3 Å². The maximum atomic E-state index is 13.7. The molecule has 1 aromatic heterocycles. The van der Waals surface area contributed by atoms with Gasteiger partial charge in [-0.25, -0.2) is 17.9 Å². The van der Waals surface area contributed by atoms with Crippen LogP contribution in [-0.4, -0.2) is 33.4 Å². The number of rotatable bonds is 5. The molecule has 0 aliphatic heterocycles. The van der Waals surface area contributed by atoms with Crippen LogP contribution >= 0.6 is 11.3 Å². The standard InChI is InChI=1S/C14H15FN2O4S2/c1-17(7-9-3-4-12(21-2)11(15)5-9)14(18)10-6-13(22-8-10)23(16,19)20/h3-6,8H,7H2,1-2H3,(H2,16,19,20). The van der Waals surface area contributed by atoms with Crippen LogP contribution < -0.4 is 9.88 Å². The number of primary sulfonamides is 1. The quantitative estimate of drug-likeness (QED) is 0.883. The molecular weight excluding hydrogens is 343 g/mol. The first-order valence-electron chi connectivity index (χ1n) is 6.41. The van der Waals surface area contributed by atoms with Gasteiger partial charge in [-0.1, -0.05) is 6.07 Å². The smallest absolute Gasteiger partial charge is 0.254 e. The summed E-state index contributed by atoms with van der Waals surface area (Å²) in [5.41, 5.74) is 0.802. The highest BCUT2D eigenvalue weighted by molar-refractivity contribution is 7.91. The summed E-state index contributed by atoms with van der Waals surface area (Å²) in [5, 5.41) is 6.44. The molecule has 0 saturated carbocycles. The Hall–Kier alpha value is -1.97. The summed E-state index contributed by atoms with van der Waals surface area (Å²) >= 11 is 0.879. The normalized spacial score (nSPS) is 11.3. The summed E-state index contributed by atoms with van der Waals surface area (Å²) in [6, 6.07) is 5.64. The molecule has 9 heteroatoms. The summed E-state index contributed by atoms with van der Waals surface area (Å²) in [5.74, 6) is -0.774. The van der Waals surface area contributed by atoms with Crippen LogP contribution in [0.4, 0.5) is 4.39 Å². The minimum Gasteiger partial charge on any atom is -0.494 e. The van der Waals surface area contributed by atoms with Crippen LogP contribution in [0, 0.1) is 5.82 Å². The number of amides is 1. The number of sulfonamides is 1. The van der Waals surface area contributed by atoms with Crippen LogP contribution in [0.3, 0.4) is 0 Å². The number of halogens is 1. The van der Waals surface area contributed by atoms with Gasteiger partial charge in [-0.05, 0) is 23.8 Å². The van der Waals surface area contributed by atoms with E-state index in [0.29, 0.717) is 5.56 Å². The highest BCUT2D eigenvalue weighted by Gasteiger charge is 2.18. The van der Waals surface area contributed by atoms with Crippen LogP contribution in [0.15, 0.2) is 33.9 Å². The minimum atomic E-state index is -3.83. The summed E-state index contributed by atoms with van der Waals surface area (Å²) in [6.45, 7) is 0.167. The summed E-state index contributed by atoms with van der Waals surface area (Å²) in [7, 11) is -0.920. The predicted octanol–water partition coefficient (Wildman–Crippen LogP) is 1.82. The predicted molar refractivity (Wildman–Crippen MR) is 84.4 cm³/mol. The number of thiophene rings is 1. The van der Waals surface area contributed by atoms with Crippen molar-refractivity contribution < 1.29 is 22.3 Å². The molecule has 0 aliphatic carbocycles. The van der Waals surface area contributed by atoms with E-state index in [-0.39, 0.29) is 28.0 Å². The fourth-order valence-electron chi connectivity index (χ4n) is 1.95. The molecule has 0 fully saturated rings. The molecule has 2 aromatic rings. The van der Waals surface area contributed by atoms with Crippen LogP contribution in [-0.2, 0) is 16.6 Å². The summed E-state index contributed by atoms with van der Waals surface area (Å²) < 4.78 is 40.9. The van der Waals surface area contributed by atoms with Crippen molar-refractivity contribution >= 4 is 27.3 Å².